The second kappa shape index (κ2) is 8.92. The van der Waals surface area contributed by atoms with Crippen LogP contribution in [0.25, 0.3) is 0 Å². The average molecular weight is 327 g/mol. The summed E-state index contributed by atoms with van der Waals surface area (Å²) in [5, 5.41) is 3.07. The highest BCUT2D eigenvalue weighted by molar-refractivity contribution is 5.84. The summed E-state index contributed by atoms with van der Waals surface area (Å²) in [6, 6.07) is 4.26. The molecular formula is C19H31NO3. The lowest BCUT2D eigenvalue weighted by atomic mass is 9.85. The lowest BCUT2D eigenvalue weighted by Gasteiger charge is -2.24. The number of benzene rings is 1. The number of hydrogen-bond donors (Lipinski definition) is 1. The molecule has 0 radical (unpaired) electrons. The number of ether oxygens (including phenoxy) is 2. The summed E-state index contributed by atoms with van der Waals surface area (Å²) in [6.45, 7) is 6.25. The second-order valence-corrected chi connectivity index (χ2v) is 6.91. The molecule has 0 aliphatic carbocycles. The first-order chi connectivity index (χ1) is 13.1. The van der Waals surface area contributed by atoms with Crippen LogP contribution < -0.4 is 14.8 Å². The van der Waals surface area contributed by atoms with Gasteiger partial charge in [-0.1, -0.05) is 26.8 Å². The number of aryl methyl sites for hydroxylation is 1. The first-order valence-electron chi connectivity index (χ1n) is 10.8. The normalized spacial score (nSPS) is 17.7. The van der Waals surface area contributed by atoms with Gasteiger partial charge in [-0.15, -0.1) is 0 Å². The molecule has 0 fully saturated rings. The van der Waals surface area contributed by atoms with Gasteiger partial charge in [0.2, 0.25) is 0 Å². The maximum absolute atomic E-state index is 12.5. The zero-order valence-electron chi connectivity index (χ0n) is 20.4. The molecule has 0 aliphatic rings. The van der Waals surface area contributed by atoms with Gasteiger partial charge in [0, 0.05) is 6.42 Å². The first-order valence-corrected chi connectivity index (χ1v) is 7.80. The van der Waals surface area contributed by atoms with Crippen molar-refractivity contribution in [1.82, 2.24) is 5.32 Å². The van der Waals surface area contributed by atoms with Gasteiger partial charge in [0.25, 0.3) is 0 Å². The van der Waals surface area contributed by atoms with E-state index in [-0.39, 0.29) is 28.7 Å². The minimum absolute atomic E-state index is 0.0312. The van der Waals surface area contributed by atoms with Gasteiger partial charge in [-0.05, 0) is 49.4 Å². The maximum Gasteiger partial charge on any atom is 0.160 e. The van der Waals surface area contributed by atoms with Gasteiger partial charge in [0.15, 0.2) is 11.5 Å². The number of hydrogen-bond acceptors (Lipinski definition) is 4. The van der Waals surface area contributed by atoms with Crippen LogP contribution in [-0.2, 0) is 11.2 Å². The molecule has 0 heterocycles. The molecule has 1 N–H and O–H groups in total. The number of carbonyl (C=O) groups excluding carboxylic acids is 1. The van der Waals surface area contributed by atoms with E-state index in [2.05, 4.69) is 26.1 Å². The lowest BCUT2D eigenvalue weighted by molar-refractivity contribution is -0.121. The van der Waals surface area contributed by atoms with Crippen molar-refractivity contribution in [3.05, 3.63) is 23.8 Å². The standard InChI is InChI=1S/C19H31NO3/c1-19(2,3)13-15(20-4)16(21)9-7-8-14-10-11-17(22-5)18(12-14)23-6/h10-12,15,20H,7-9,13H2,1-6H3/t15-/m1/s1/i5D3,6D3. The van der Waals surface area contributed by atoms with Gasteiger partial charge >= 0.3 is 0 Å². The van der Waals surface area contributed by atoms with Gasteiger partial charge in [-0.25, -0.2) is 0 Å². The van der Waals surface area contributed by atoms with Crippen molar-refractivity contribution in [2.24, 2.45) is 5.41 Å². The summed E-state index contributed by atoms with van der Waals surface area (Å²) in [5.74, 6) is -0.198. The second-order valence-electron chi connectivity index (χ2n) is 6.91. The minimum atomic E-state index is -2.74. The number of nitrogens with one attached hydrogen (secondary N) is 1. The molecule has 1 aromatic rings. The van der Waals surface area contributed by atoms with Crippen molar-refractivity contribution in [1.29, 1.82) is 0 Å². The highest BCUT2D eigenvalue weighted by atomic mass is 16.5. The molecule has 4 heteroatoms. The third-order valence-electron chi connectivity index (χ3n) is 3.67. The summed E-state index contributed by atoms with van der Waals surface area (Å²) in [4.78, 5) is 12.5. The Kier molecular flexibility index (Phi) is 4.62. The van der Waals surface area contributed by atoms with Crippen LogP contribution in [0, 0.1) is 5.41 Å². The van der Waals surface area contributed by atoms with Crippen LogP contribution in [-0.4, -0.2) is 32.9 Å². The van der Waals surface area contributed by atoms with Crippen molar-refractivity contribution in [2.75, 3.05) is 21.1 Å². The fraction of sp³-hybridized carbons (Fsp3) is 0.632. The summed E-state index contributed by atoms with van der Waals surface area (Å²) in [7, 11) is -3.69. The molecule has 0 spiro atoms. The monoisotopic (exact) mass is 327 g/mol. The molecule has 0 unspecified atom stereocenters. The van der Waals surface area contributed by atoms with Crippen LogP contribution in [0.2, 0.25) is 0 Å². The largest absolute Gasteiger partial charge is 0.493 e. The highest BCUT2D eigenvalue weighted by Crippen LogP contribution is 2.28. The van der Waals surface area contributed by atoms with E-state index in [4.69, 9.17) is 17.7 Å². The smallest absolute Gasteiger partial charge is 0.160 e. The third-order valence-corrected chi connectivity index (χ3v) is 3.67. The number of carbonyl (C=O) groups is 1. The number of Topliss-reactive ketones (excluding diaryl/α,β-unsaturated/α-hetero) is 1. The van der Waals surface area contributed by atoms with E-state index in [1.54, 1.807) is 13.1 Å². The molecule has 0 amide bonds. The Morgan fingerprint density at radius 3 is 2.57 bits per heavy atom. The Morgan fingerprint density at radius 2 is 1.96 bits per heavy atom. The van der Waals surface area contributed by atoms with Gasteiger partial charge in [-0.3, -0.25) is 4.79 Å². The van der Waals surface area contributed by atoms with Crippen LogP contribution in [0.5, 0.6) is 11.5 Å². The summed E-state index contributed by atoms with van der Waals surface area (Å²) in [6.07, 6.45) is 2.21. The number of methoxy groups -OCH3 is 2. The number of likely N-dealkylation sites (N-methyl/N-ethyl adjacent to an activating group) is 1. The van der Waals surface area contributed by atoms with Gasteiger partial charge in [0.1, 0.15) is 5.78 Å². The summed E-state index contributed by atoms with van der Waals surface area (Å²) < 4.78 is 53.1. The van der Waals surface area contributed by atoms with Crippen LogP contribution in [0.3, 0.4) is 0 Å². The Labute approximate surface area is 149 Å². The van der Waals surface area contributed by atoms with Crippen molar-refractivity contribution in [3.63, 3.8) is 0 Å². The van der Waals surface area contributed by atoms with E-state index in [0.717, 1.165) is 12.0 Å². The van der Waals surface area contributed by atoms with Gasteiger partial charge < -0.3 is 14.8 Å². The maximum atomic E-state index is 12.5. The molecule has 0 saturated heterocycles. The minimum Gasteiger partial charge on any atom is -0.493 e. The Hall–Kier alpha value is -1.55. The zero-order chi connectivity index (χ0) is 22.5. The topological polar surface area (TPSA) is 47.6 Å². The van der Waals surface area contributed by atoms with Crippen molar-refractivity contribution < 1.29 is 22.5 Å². The van der Waals surface area contributed by atoms with Crippen LogP contribution in [0.4, 0.5) is 0 Å². The van der Waals surface area contributed by atoms with Crippen molar-refractivity contribution in [2.45, 2.75) is 52.5 Å². The molecular weight excluding hydrogens is 290 g/mol. The first kappa shape index (κ1) is 11.9. The average Bonchev–Trinajstić information content (AvgIpc) is 2.51. The predicted octanol–water partition coefficient (Wildman–Crippen LogP) is 3.62. The number of ketones is 1. The lowest BCUT2D eigenvalue weighted by Crippen LogP contribution is -2.37. The molecule has 130 valence electrons. The molecule has 0 aliphatic heterocycles. The van der Waals surface area contributed by atoms with Gasteiger partial charge in [-0.2, -0.15) is 0 Å². The van der Waals surface area contributed by atoms with Crippen LogP contribution >= 0.6 is 0 Å². The molecule has 0 aromatic heterocycles. The SMILES string of the molecule is [2H]C([2H])([2H])Oc1ccc(CCCC(=O)[C@@H](CC(C)(C)C)NC)cc1OC([2H])([2H])[2H]. The van der Waals surface area contributed by atoms with Crippen LogP contribution in [0.15, 0.2) is 18.2 Å². The van der Waals surface area contributed by atoms with E-state index >= 15 is 0 Å². The molecule has 0 saturated carbocycles. The Balaban J connectivity index is 2.81. The molecule has 23 heavy (non-hydrogen) atoms. The fourth-order valence-corrected chi connectivity index (χ4v) is 2.50. The van der Waals surface area contributed by atoms with E-state index in [0.29, 0.717) is 19.3 Å². The van der Waals surface area contributed by atoms with Gasteiger partial charge in [0.05, 0.1) is 28.3 Å². The molecule has 0 bridgehead atoms. The van der Waals surface area contributed by atoms with Crippen molar-refractivity contribution >= 4 is 5.78 Å². The fourth-order valence-electron chi connectivity index (χ4n) is 2.50. The molecule has 1 atom stereocenters. The quantitative estimate of drug-likeness (QED) is 0.752. The Morgan fingerprint density at radius 1 is 1.26 bits per heavy atom. The summed E-state index contributed by atoms with van der Waals surface area (Å²) >= 11 is 0. The van der Waals surface area contributed by atoms with E-state index in [1.165, 1.54) is 12.1 Å². The van der Waals surface area contributed by atoms with Crippen LogP contribution in [0.1, 0.15) is 53.8 Å². The van der Waals surface area contributed by atoms with E-state index in [1.807, 2.05) is 0 Å². The highest BCUT2D eigenvalue weighted by Gasteiger charge is 2.22. The van der Waals surface area contributed by atoms with E-state index < -0.39 is 14.1 Å². The Bertz CT molecular complexity index is 680. The molecule has 4 nitrogen and oxygen atoms in total. The summed E-state index contributed by atoms with van der Waals surface area (Å²) in [5.41, 5.74) is 0.760. The third kappa shape index (κ3) is 6.61. The predicted molar refractivity (Wildman–Crippen MR) is 94.4 cm³/mol. The van der Waals surface area contributed by atoms with Crippen molar-refractivity contribution in [3.8, 4) is 11.5 Å². The number of rotatable bonds is 9. The molecule has 1 rings (SSSR count). The molecule has 1 aromatic carbocycles. The zero-order valence-corrected chi connectivity index (χ0v) is 14.4. The van der Waals surface area contributed by atoms with E-state index in [9.17, 15) is 4.79 Å².